The van der Waals surface area contributed by atoms with Crippen molar-refractivity contribution in [1.82, 2.24) is 14.9 Å². The van der Waals surface area contributed by atoms with E-state index in [-0.39, 0.29) is 29.1 Å². The maximum absolute atomic E-state index is 12.9. The highest BCUT2D eigenvalue weighted by atomic mass is 35.5. The molecule has 2 heterocycles. The summed E-state index contributed by atoms with van der Waals surface area (Å²) < 4.78 is 45.3. The summed E-state index contributed by atoms with van der Waals surface area (Å²) in [6.45, 7) is 0.155. The molecular weight excluding hydrogens is 401 g/mol. The van der Waals surface area contributed by atoms with E-state index in [0.29, 0.717) is 10.0 Å². The van der Waals surface area contributed by atoms with Gasteiger partial charge >= 0.3 is 0 Å². The minimum absolute atomic E-state index is 0.0687. The molecule has 136 valence electrons. The van der Waals surface area contributed by atoms with Crippen molar-refractivity contribution < 1.29 is 17.5 Å². The van der Waals surface area contributed by atoms with Gasteiger partial charge in [0.25, 0.3) is 0 Å². The number of rotatable bonds is 7. The number of halogens is 2. The Kier molecular flexibility index (Phi) is 5.82. The normalized spacial score (nSPS) is 11.5. The minimum Gasteiger partial charge on any atom is -0.475 e. The molecule has 0 amide bonds. The fraction of sp³-hybridized carbons (Fsp3) is 0.125. The first-order chi connectivity index (χ1) is 12.4. The van der Waals surface area contributed by atoms with Gasteiger partial charge in [-0.05, 0) is 42.5 Å². The van der Waals surface area contributed by atoms with Gasteiger partial charge in [0, 0.05) is 18.2 Å². The molecule has 0 spiro atoms. The van der Waals surface area contributed by atoms with Gasteiger partial charge in [-0.2, -0.15) is 0 Å². The van der Waals surface area contributed by atoms with E-state index in [1.54, 1.807) is 24.3 Å². The maximum atomic E-state index is 12.9. The number of aromatic nitrogens is 2. The van der Waals surface area contributed by atoms with Gasteiger partial charge in [0.1, 0.15) is 16.6 Å². The fourth-order valence-electron chi connectivity index (χ4n) is 2.02. The van der Waals surface area contributed by atoms with Crippen LogP contribution >= 0.6 is 22.9 Å². The van der Waals surface area contributed by atoms with Crippen LogP contribution < -0.4 is 9.46 Å². The molecule has 0 atom stereocenters. The Morgan fingerprint density at radius 2 is 1.85 bits per heavy atom. The number of hydrogen-bond donors (Lipinski definition) is 1. The predicted octanol–water partition coefficient (Wildman–Crippen LogP) is 3.35. The molecule has 0 fully saturated rings. The van der Waals surface area contributed by atoms with Crippen LogP contribution in [0.5, 0.6) is 5.88 Å². The Morgan fingerprint density at radius 1 is 1.08 bits per heavy atom. The van der Waals surface area contributed by atoms with E-state index in [1.807, 2.05) is 0 Å². The first-order valence-electron chi connectivity index (χ1n) is 7.41. The van der Waals surface area contributed by atoms with Crippen LogP contribution in [0.25, 0.3) is 11.3 Å². The van der Waals surface area contributed by atoms with Crippen molar-refractivity contribution in [2.24, 2.45) is 0 Å². The zero-order valence-electron chi connectivity index (χ0n) is 13.2. The number of hydrogen-bond acceptors (Lipinski definition) is 6. The summed E-state index contributed by atoms with van der Waals surface area (Å²) >= 11 is 6.72. The van der Waals surface area contributed by atoms with Crippen LogP contribution in [0.1, 0.15) is 0 Å². The Morgan fingerprint density at radius 3 is 2.46 bits per heavy atom. The number of thiophene rings is 1. The van der Waals surface area contributed by atoms with Gasteiger partial charge in [-0.25, -0.2) is 17.5 Å². The molecule has 0 aliphatic carbocycles. The van der Waals surface area contributed by atoms with Crippen molar-refractivity contribution in [3.05, 3.63) is 58.7 Å². The molecule has 0 aliphatic rings. The predicted molar refractivity (Wildman–Crippen MR) is 97.4 cm³/mol. The average molecular weight is 414 g/mol. The van der Waals surface area contributed by atoms with Gasteiger partial charge in [-0.1, -0.05) is 11.6 Å². The number of nitrogens with one attached hydrogen (secondary N) is 1. The van der Waals surface area contributed by atoms with Crippen molar-refractivity contribution in [2.75, 3.05) is 13.2 Å². The standard InChI is InChI=1S/C16H13ClFN3O3S2/c17-14-6-8-16(25-14)26(22,23)19-9-10-24-15-7-5-13(20-21-15)11-1-3-12(18)4-2-11/h1-8,19H,9-10H2. The van der Waals surface area contributed by atoms with E-state index < -0.39 is 10.0 Å². The van der Waals surface area contributed by atoms with Crippen molar-refractivity contribution in [3.8, 4) is 17.1 Å². The van der Waals surface area contributed by atoms with E-state index in [0.717, 1.165) is 16.9 Å². The van der Waals surface area contributed by atoms with Crippen LogP contribution in [0.3, 0.4) is 0 Å². The summed E-state index contributed by atoms with van der Waals surface area (Å²) in [5.74, 6) is -0.0665. The fourth-order valence-corrected chi connectivity index (χ4v) is 4.56. The lowest BCUT2D eigenvalue weighted by Crippen LogP contribution is -2.27. The van der Waals surface area contributed by atoms with E-state index in [9.17, 15) is 12.8 Å². The quantitative estimate of drug-likeness (QED) is 0.601. The number of sulfonamides is 1. The molecule has 0 saturated heterocycles. The molecule has 2 aromatic heterocycles. The molecule has 0 unspecified atom stereocenters. The van der Waals surface area contributed by atoms with E-state index >= 15 is 0 Å². The summed E-state index contributed by atoms with van der Waals surface area (Å²) in [7, 11) is -3.60. The van der Waals surface area contributed by atoms with Crippen LogP contribution in [-0.2, 0) is 10.0 Å². The molecular formula is C16H13ClFN3O3S2. The molecule has 6 nitrogen and oxygen atoms in total. The molecule has 10 heteroatoms. The molecule has 26 heavy (non-hydrogen) atoms. The third kappa shape index (κ3) is 4.76. The maximum Gasteiger partial charge on any atom is 0.250 e. The molecule has 1 aromatic carbocycles. The smallest absolute Gasteiger partial charge is 0.250 e. The Labute approximate surface area is 158 Å². The number of benzene rings is 1. The Balaban J connectivity index is 1.51. The van der Waals surface area contributed by atoms with Gasteiger partial charge < -0.3 is 4.74 Å². The lowest BCUT2D eigenvalue weighted by Gasteiger charge is -2.07. The van der Waals surface area contributed by atoms with Gasteiger partial charge in [0.05, 0.1) is 10.0 Å². The summed E-state index contributed by atoms with van der Waals surface area (Å²) in [4.78, 5) is 0. The SMILES string of the molecule is O=S(=O)(NCCOc1ccc(-c2ccc(F)cc2)nn1)c1ccc(Cl)s1. The summed E-state index contributed by atoms with van der Waals surface area (Å²) in [5, 5.41) is 7.92. The summed E-state index contributed by atoms with van der Waals surface area (Å²) in [5.41, 5.74) is 1.31. The summed E-state index contributed by atoms with van der Waals surface area (Å²) in [6.07, 6.45) is 0. The van der Waals surface area contributed by atoms with Crippen molar-refractivity contribution in [2.45, 2.75) is 4.21 Å². The van der Waals surface area contributed by atoms with Gasteiger partial charge in [0.2, 0.25) is 15.9 Å². The van der Waals surface area contributed by atoms with Crippen molar-refractivity contribution in [3.63, 3.8) is 0 Å². The largest absolute Gasteiger partial charge is 0.475 e. The van der Waals surface area contributed by atoms with Crippen LogP contribution in [-0.4, -0.2) is 31.8 Å². The molecule has 1 N–H and O–H groups in total. The van der Waals surface area contributed by atoms with Crippen molar-refractivity contribution >= 4 is 33.0 Å². The second-order valence-corrected chi connectivity index (χ2v) is 8.78. The zero-order valence-corrected chi connectivity index (χ0v) is 15.6. The number of ether oxygens (including phenoxy) is 1. The highest BCUT2D eigenvalue weighted by Crippen LogP contribution is 2.25. The first-order valence-corrected chi connectivity index (χ1v) is 10.1. The second-order valence-electron chi connectivity index (χ2n) is 5.07. The van der Waals surface area contributed by atoms with Crippen molar-refractivity contribution in [1.29, 1.82) is 0 Å². The Bertz CT molecular complexity index is 977. The summed E-state index contributed by atoms with van der Waals surface area (Å²) in [6, 6.07) is 12.2. The Hall–Kier alpha value is -2.07. The third-order valence-electron chi connectivity index (χ3n) is 3.24. The van der Waals surface area contributed by atoms with E-state index in [1.165, 1.54) is 24.3 Å². The second kappa shape index (κ2) is 8.09. The molecule has 3 aromatic rings. The monoisotopic (exact) mass is 413 g/mol. The van der Waals surface area contributed by atoms with Gasteiger partial charge in [-0.15, -0.1) is 21.5 Å². The van der Waals surface area contributed by atoms with Crippen LogP contribution in [0.2, 0.25) is 4.34 Å². The highest BCUT2D eigenvalue weighted by molar-refractivity contribution is 7.91. The minimum atomic E-state index is -3.60. The van der Waals surface area contributed by atoms with E-state index in [4.69, 9.17) is 16.3 Å². The molecule has 3 rings (SSSR count). The lowest BCUT2D eigenvalue weighted by atomic mass is 10.1. The van der Waals surface area contributed by atoms with Crippen LogP contribution in [0.15, 0.2) is 52.7 Å². The molecule has 0 bridgehead atoms. The van der Waals surface area contributed by atoms with Crippen LogP contribution in [0, 0.1) is 5.82 Å². The third-order valence-corrected chi connectivity index (χ3v) is 6.42. The average Bonchev–Trinajstić information content (AvgIpc) is 3.07. The highest BCUT2D eigenvalue weighted by Gasteiger charge is 2.15. The lowest BCUT2D eigenvalue weighted by molar-refractivity contribution is 0.307. The molecule has 0 saturated carbocycles. The first kappa shape index (κ1) is 18.7. The zero-order chi connectivity index (χ0) is 18.6. The molecule has 0 radical (unpaired) electrons. The topological polar surface area (TPSA) is 81.2 Å². The van der Waals surface area contributed by atoms with Crippen LogP contribution in [0.4, 0.5) is 4.39 Å². The van der Waals surface area contributed by atoms with Gasteiger partial charge in [0.15, 0.2) is 0 Å². The van der Waals surface area contributed by atoms with E-state index in [2.05, 4.69) is 14.9 Å². The number of nitrogens with zero attached hydrogens (tertiary/aromatic N) is 2. The molecule has 0 aliphatic heterocycles. The van der Waals surface area contributed by atoms with Gasteiger partial charge in [-0.3, -0.25) is 0 Å².